The molecule has 0 aliphatic carbocycles. The molecule has 0 atom stereocenters. The van der Waals surface area contributed by atoms with Crippen LogP contribution >= 0.6 is 0 Å². The fraction of sp³-hybridized carbons (Fsp3) is 0. The van der Waals surface area contributed by atoms with Crippen LogP contribution in [0.25, 0.3) is 89.1 Å². The fourth-order valence-corrected chi connectivity index (χ4v) is 7.02. The van der Waals surface area contributed by atoms with Crippen LogP contribution in [-0.2, 0) is 0 Å². The van der Waals surface area contributed by atoms with E-state index in [0.29, 0.717) is 0 Å². The van der Waals surface area contributed by atoms with E-state index >= 15 is 0 Å². The molecule has 9 rings (SSSR count). The van der Waals surface area contributed by atoms with Crippen LogP contribution in [0.3, 0.4) is 0 Å². The molecule has 2 nitrogen and oxygen atoms in total. The van der Waals surface area contributed by atoms with E-state index in [1.807, 2.05) is 24.4 Å². The summed E-state index contributed by atoms with van der Waals surface area (Å²) in [6.45, 7) is 0. The van der Waals surface area contributed by atoms with Gasteiger partial charge in [0.2, 0.25) is 0 Å². The second-order valence-corrected chi connectivity index (χ2v) is 13.1. The van der Waals surface area contributed by atoms with Crippen LogP contribution in [0.4, 0.5) is 0 Å². The SMILES string of the molecule is c1ccc(-c2cccc(-c3cccc(-c4cccc(-c5cccc(-c6cc(-c7ccc(-c8ccccc8)nc7)c7ccccc7n6)c5)c4)c3)c2)cc1. The zero-order chi connectivity index (χ0) is 34.7. The van der Waals surface area contributed by atoms with Gasteiger partial charge in [0.15, 0.2) is 0 Å². The maximum absolute atomic E-state index is 5.14. The first-order chi connectivity index (χ1) is 25.7. The summed E-state index contributed by atoms with van der Waals surface area (Å²) in [5, 5.41) is 1.11. The molecule has 0 saturated heterocycles. The van der Waals surface area contributed by atoms with Crippen LogP contribution < -0.4 is 0 Å². The number of fused-ring (bicyclic) bond motifs is 1. The lowest BCUT2D eigenvalue weighted by molar-refractivity contribution is 1.32. The molecule has 0 aliphatic rings. The average Bonchev–Trinajstić information content (AvgIpc) is 3.24. The van der Waals surface area contributed by atoms with E-state index in [1.54, 1.807) is 0 Å². The second-order valence-electron chi connectivity index (χ2n) is 13.1. The Morgan fingerprint density at radius 3 is 1.25 bits per heavy atom. The zero-order valence-corrected chi connectivity index (χ0v) is 28.5. The number of rotatable bonds is 7. The fourth-order valence-electron chi connectivity index (χ4n) is 7.02. The molecule has 7 aromatic carbocycles. The summed E-state index contributed by atoms with van der Waals surface area (Å²) in [6, 6.07) is 70.8. The van der Waals surface area contributed by atoms with Crippen molar-refractivity contribution in [1.29, 1.82) is 0 Å². The van der Waals surface area contributed by atoms with Crippen LogP contribution in [-0.4, -0.2) is 9.97 Å². The summed E-state index contributed by atoms with van der Waals surface area (Å²) in [7, 11) is 0. The van der Waals surface area contributed by atoms with E-state index in [-0.39, 0.29) is 0 Å². The average molecular weight is 663 g/mol. The number of benzene rings is 7. The second kappa shape index (κ2) is 13.8. The van der Waals surface area contributed by atoms with Gasteiger partial charge in [0.25, 0.3) is 0 Å². The summed E-state index contributed by atoms with van der Waals surface area (Å²) in [4.78, 5) is 9.98. The standard InChI is InChI=1S/C50H34N2/c1-3-13-35(14-4-1)37-17-9-18-38(29-37)39-19-10-20-40(30-39)41-21-11-22-42(31-41)43-23-12-24-44(32-43)50-33-47(46-25-7-8-26-49(46)52-50)45-27-28-48(51-34-45)36-15-5-2-6-16-36/h1-34H. The number of nitrogens with zero attached hydrogens (tertiary/aromatic N) is 2. The van der Waals surface area contributed by atoms with Crippen molar-refractivity contribution in [2.45, 2.75) is 0 Å². The lowest BCUT2D eigenvalue weighted by atomic mass is 9.94. The number of aromatic nitrogens is 2. The topological polar surface area (TPSA) is 25.8 Å². The van der Waals surface area contributed by atoms with Crippen molar-refractivity contribution >= 4 is 10.9 Å². The molecule has 0 unspecified atom stereocenters. The Morgan fingerprint density at radius 1 is 0.269 bits per heavy atom. The molecule has 0 fully saturated rings. The molecular formula is C50H34N2. The van der Waals surface area contributed by atoms with Crippen molar-refractivity contribution < 1.29 is 0 Å². The van der Waals surface area contributed by atoms with Gasteiger partial charge in [0.1, 0.15) is 0 Å². The van der Waals surface area contributed by atoms with Gasteiger partial charge in [-0.2, -0.15) is 0 Å². The Bertz CT molecular complexity index is 2660. The van der Waals surface area contributed by atoms with Crippen molar-refractivity contribution in [3.63, 3.8) is 0 Å². The first-order valence-electron chi connectivity index (χ1n) is 17.6. The Labute approximate surface area is 304 Å². The largest absolute Gasteiger partial charge is 0.256 e. The molecule has 244 valence electrons. The van der Waals surface area contributed by atoms with E-state index < -0.39 is 0 Å². The number of hydrogen-bond acceptors (Lipinski definition) is 2. The van der Waals surface area contributed by atoms with Gasteiger partial charge in [-0.3, -0.25) is 4.98 Å². The van der Waals surface area contributed by atoms with Crippen LogP contribution in [0.2, 0.25) is 0 Å². The molecule has 0 amide bonds. The maximum atomic E-state index is 5.14. The summed E-state index contributed by atoms with van der Waals surface area (Å²) in [5.74, 6) is 0. The smallest absolute Gasteiger partial charge is 0.0716 e. The molecule has 52 heavy (non-hydrogen) atoms. The highest BCUT2D eigenvalue weighted by atomic mass is 14.7. The van der Waals surface area contributed by atoms with Gasteiger partial charge < -0.3 is 0 Å². The van der Waals surface area contributed by atoms with Gasteiger partial charge in [-0.25, -0.2) is 4.98 Å². The molecule has 2 heteroatoms. The van der Waals surface area contributed by atoms with E-state index in [1.165, 1.54) is 33.4 Å². The quantitative estimate of drug-likeness (QED) is 0.170. The highest BCUT2D eigenvalue weighted by Gasteiger charge is 2.12. The van der Waals surface area contributed by atoms with Gasteiger partial charge in [-0.05, 0) is 92.5 Å². The third kappa shape index (κ3) is 6.30. The number of para-hydroxylation sites is 1. The molecule has 2 aromatic heterocycles. The number of pyridine rings is 2. The third-order valence-electron chi connectivity index (χ3n) is 9.71. The van der Waals surface area contributed by atoms with Crippen molar-refractivity contribution in [3.05, 3.63) is 206 Å². The molecular weight excluding hydrogens is 629 g/mol. The van der Waals surface area contributed by atoms with Gasteiger partial charge in [-0.1, -0.05) is 158 Å². The summed E-state index contributed by atoms with van der Waals surface area (Å²) < 4.78 is 0. The Hall–Kier alpha value is -6.90. The van der Waals surface area contributed by atoms with Gasteiger partial charge in [0.05, 0.1) is 16.9 Å². The maximum Gasteiger partial charge on any atom is 0.0716 e. The first-order valence-corrected chi connectivity index (χ1v) is 17.6. The molecule has 0 aliphatic heterocycles. The number of hydrogen-bond donors (Lipinski definition) is 0. The van der Waals surface area contributed by atoms with Crippen LogP contribution in [0.15, 0.2) is 206 Å². The Balaban J connectivity index is 1.04. The van der Waals surface area contributed by atoms with E-state index in [0.717, 1.165) is 55.7 Å². The van der Waals surface area contributed by atoms with Crippen LogP contribution in [0.5, 0.6) is 0 Å². The van der Waals surface area contributed by atoms with Crippen LogP contribution in [0.1, 0.15) is 0 Å². The molecule has 0 saturated carbocycles. The monoisotopic (exact) mass is 662 g/mol. The summed E-state index contributed by atoms with van der Waals surface area (Å²) in [5.41, 5.74) is 16.8. The molecule has 2 heterocycles. The molecule has 0 spiro atoms. The highest BCUT2D eigenvalue weighted by molar-refractivity contribution is 5.97. The Morgan fingerprint density at radius 2 is 0.712 bits per heavy atom. The molecule has 9 aromatic rings. The van der Waals surface area contributed by atoms with Crippen molar-refractivity contribution in [2.24, 2.45) is 0 Å². The van der Waals surface area contributed by atoms with E-state index in [4.69, 9.17) is 9.97 Å². The van der Waals surface area contributed by atoms with Crippen LogP contribution in [0, 0.1) is 0 Å². The summed E-state index contributed by atoms with van der Waals surface area (Å²) >= 11 is 0. The first kappa shape index (κ1) is 31.1. The molecule has 0 bridgehead atoms. The highest BCUT2D eigenvalue weighted by Crippen LogP contribution is 2.36. The predicted molar refractivity (Wildman–Crippen MR) is 218 cm³/mol. The van der Waals surface area contributed by atoms with E-state index in [2.05, 4.69) is 182 Å². The Kier molecular flexibility index (Phi) is 8.24. The predicted octanol–water partition coefficient (Wildman–Crippen LogP) is 13.3. The molecule has 0 N–H and O–H groups in total. The molecule has 0 radical (unpaired) electrons. The zero-order valence-electron chi connectivity index (χ0n) is 28.5. The van der Waals surface area contributed by atoms with E-state index in [9.17, 15) is 0 Å². The van der Waals surface area contributed by atoms with Gasteiger partial charge in [0, 0.05) is 28.3 Å². The third-order valence-corrected chi connectivity index (χ3v) is 9.71. The minimum absolute atomic E-state index is 0.935. The normalized spacial score (nSPS) is 11.1. The minimum Gasteiger partial charge on any atom is -0.256 e. The van der Waals surface area contributed by atoms with Crippen molar-refractivity contribution in [1.82, 2.24) is 9.97 Å². The summed E-state index contributed by atoms with van der Waals surface area (Å²) in [6.07, 6.45) is 1.98. The lowest BCUT2D eigenvalue weighted by Crippen LogP contribution is -1.91. The minimum atomic E-state index is 0.935. The van der Waals surface area contributed by atoms with Gasteiger partial charge >= 0.3 is 0 Å². The van der Waals surface area contributed by atoms with Crippen molar-refractivity contribution in [2.75, 3.05) is 0 Å². The lowest BCUT2D eigenvalue weighted by Gasteiger charge is -2.12. The van der Waals surface area contributed by atoms with Crippen molar-refractivity contribution in [3.8, 4) is 78.1 Å². The van der Waals surface area contributed by atoms with Gasteiger partial charge in [-0.15, -0.1) is 0 Å².